The van der Waals surface area contributed by atoms with Gasteiger partial charge in [-0.1, -0.05) is 22.9 Å². The first-order valence-electron chi connectivity index (χ1n) is 6.50. The lowest BCUT2D eigenvalue weighted by atomic mass is 10.1. The maximum absolute atomic E-state index is 11.5. The predicted molar refractivity (Wildman–Crippen MR) is 77.8 cm³/mol. The van der Waals surface area contributed by atoms with Crippen LogP contribution in [0.25, 0.3) is 0 Å². The van der Waals surface area contributed by atoms with E-state index in [1.807, 2.05) is 6.07 Å². The van der Waals surface area contributed by atoms with Gasteiger partial charge < -0.3 is 10.6 Å². The van der Waals surface area contributed by atoms with E-state index >= 15 is 0 Å². The molecule has 4 heteroatoms. The molecular formula is C14H19BrN2O. The Kier molecular flexibility index (Phi) is 4.64. The molecule has 18 heavy (non-hydrogen) atoms. The van der Waals surface area contributed by atoms with Crippen molar-refractivity contribution in [2.24, 2.45) is 0 Å². The van der Waals surface area contributed by atoms with Crippen molar-refractivity contribution in [1.29, 1.82) is 0 Å². The van der Waals surface area contributed by atoms with E-state index in [1.54, 1.807) is 0 Å². The van der Waals surface area contributed by atoms with Crippen LogP contribution in [0, 0.1) is 0 Å². The molecule has 0 bridgehead atoms. The molecule has 0 heterocycles. The number of hydrogen-bond donors (Lipinski definition) is 2. The third-order valence-electron chi connectivity index (χ3n) is 3.06. The minimum absolute atomic E-state index is 0.153. The Morgan fingerprint density at radius 3 is 2.89 bits per heavy atom. The monoisotopic (exact) mass is 310 g/mol. The van der Waals surface area contributed by atoms with E-state index in [4.69, 9.17) is 0 Å². The molecule has 3 nitrogen and oxygen atoms in total. The minimum atomic E-state index is 0.153. The van der Waals surface area contributed by atoms with Crippen LogP contribution in [0.5, 0.6) is 0 Å². The first kappa shape index (κ1) is 13.4. The van der Waals surface area contributed by atoms with Gasteiger partial charge in [0.15, 0.2) is 0 Å². The Bertz CT molecular complexity index is 430. The van der Waals surface area contributed by atoms with E-state index < -0.39 is 0 Å². The highest BCUT2D eigenvalue weighted by atomic mass is 79.9. The summed E-state index contributed by atoms with van der Waals surface area (Å²) in [6.07, 6.45) is 3.81. The molecule has 2 rings (SSSR count). The van der Waals surface area contributed by atoms with Gasteiger partial charge in [-0.2, -0.15) is 0 Å². The van der Waals surface area contributed by atoms with E-state index in [0.29, 0.717) is 19.0 Å². The summed E-state index contributed by atoms with van der Waals surface area (Å²) in [7, 11) is 0. The van der Waals surface area contributed by atoms with Crippen LogP contribution in [0.1, 0.15) is 31.7 Å². The van der Waals surface area contributed by atoms with Crippen LogP contribution >= 0.6 is 15.9 Å². The zero-order chi connectivity index (χ0) is 13.0. The molecule has 0 radical (unpaired) electrons. The van der Waals surface area contributed by atoms with Gasteiger partial charge in [-0.05, 0) is 43.0 Å². The standard InChI is InChI=1S/C14H19BrN2O/c1-2-10-9-11(15)3-6-13(10)16-8-7-14(18)17-12-4-5-12/h3,6,9,12,16H,2,4-5,7-8H2,1H3,(H,17,18). The van der Waals surface area contributed by atoms with Crippen molar-refractivity contribution in [2.45, 2.75) is 38.6 Å². The minimum Gasteiger partial charge on any atom is -0.384 e. The molecule has 2 N–H and O–H groups in total. The summed E-state index contributed by atoms with van der Waals surface area (Å²) in [5, 5.41) is 6.33. The molecule has 0 atom stereocenters. The number of benzene rings is 1. The van der Waals surface area contributed by atoms with Crippen LogP contribution in [0.3, 0.4) is 0 Å². The number of amides is 1. The molecule has 1 fully saturated rings. The zero-order valence-electron chi connectivity index (χ0n) is 10.6. The molecule has 1 aliphatic rings. The van der Waals surface area contributed by atoms with E-state index in [2.05, 4.69) is 45.6 Å². The summed E-state index contributed by atoms with van der Waals surface area (Å²) >= 11 is 3.47. The number of aryl methyl sites for hydroxylation is 1. The van der Waals surface area contributed by atoms with Gasteiger partial charge in [-0.25, -0.2) is 0 Å². The first-order valence-corrected chi connectivity index (χ1v) is 7.30. The van der Waals surface area contributed by atoms with Gasteiger partial charge in [0.05, 0.1) is 0 Å². The number of carbonyl (C=O) groups is 1. The van der Waals surface area contributed by atoms with Crippen molar-refractivity contribution in [1.82, 2.24) is 5.32 Å². The van der Waals surface area contributed by atoms with E-state index in [1.165, 1.54) is 5.56 Å². The van der Waals surface area contributed by atoms with Crippen LogP contribution < -0.4 is 10.6 Å². The van der Waals surface area contributed by atoms with Crippen molar-refractivity contribution in [3.8, 4) is 0 Å². The second kappa shape index (κ2) is 6.23. The summed E-state index contributed by atoms with van der Waals surface area (Å²) < 4.78 is 1.09. The van der Waals surface area contributed by atoms with Gasteiger partial charge in [0.2, 0.25) is 5.91 Å². The van der Waals surface area contributed by atoms with Crippen LogP contribution in [-0.2, 0) is 11.2 Å². The molecular weight excluding hydrogens is 292 g/mol. The molecule has 0 unspecified atom stereocenters. The average Bonchev–Trinajstić information content (AvgIpc) is 3.14. The predicted octanol–water partition coefficient (Wildman–Crippen LogP) is 3.09. The number of carbonyl (C=O) groups excluding carboxylic acids is 1. The number of rotatable bonds is 6. The number of hydrogen-bond acceptors (Lipinski definition) is 2. The molecule has 1 saturated carbocycles. The topological polar surface area (TPSA) is 41.1 Å². The molecule has 0 aliphatic heterocycles. The third-order valence-corrected chi connectivity index (χ3v) is 3.55. The smallest absolute Gasteiger partial charge is 0.221 e. The highest BCUT2D eigenvalue weighted by Crippen LogP contribution is 2.21. The van der Waals surface area contributed by atoms with Crippen molar-refractivity contribution >= 4 is 27.5 Å². The fourth-order valence-electron chi connectivity index (χ4n) is 1.87. The molecule has 1 amide bonds. The first-order chi connectivity index (χ1) is 8.69. The fraction of sp³-hybridized carbons (Fsp3) is 0.500. The largest absolute Gasteiger partial charge is 0.384 e. The Labute approximate surface area is 116 Å². The van der Waals surface area contributed by atoms with E-state index in [9.17, 15) is 4.79 Å². The third kappa shape index (κ3) is 4.02. The normalized spacial score (nSPS) is 14.3. The van der Waals surface area contributed by atoms with Crippen molar-refractivity contribution in [3.63, 3.8) is 0 Å². The lowest BCUT2D eigenvalue weighted by molar-refractivity contribution is -0.120. The zero-order valence-corrected chi connectivity index (χ0v) is 12.2. The van der Waals surface area contributed by atoms with Gasteiger partial charge in [0.1, 0.15) is 0 Å². The second-order valence-electron chi connectivity index (χ2n) is 4.67. The summed E-state index contributed by atoms with van der Waals surface area (Å²) in [5.74, 6) is 0.153. The average molecular weight is 311 g/mol. The number of nitrogens with one attached hydrogen (secondary N) is 2. The molecule has 0 spiro atoms. The summed E-state index contributed by atoms with van der Waals surface area (Å²) in [6.45, 7) is 2.82. The Morgan fingerprint density at radius 1 is 1.44 bits per heavy atom. The van der Waals surface area contributed by atoms with Crippen molar-refractivity contribution < 1.29 is 4.79 Å². The SMILES string of the molecule is CCc1cc(Br)ccc1NCCC(=O)NC1CC1. The van der Waals surface area contributed by atoms with E-state index in [0.717, 1.165) is 29.4 Å². The van der Waals surface area contributed by atoms with Crippen LogP contribution in [-0.4, -0.2) is 18.5 Å². The van der Waals surface area contributed by atoms with Gasteiger partial charge in [-0.15, -0.1) is 0 Å². The fourth-order valence-corrected chi connectivity index (χ4v) is 2.27. The molecule has 1 aromatic carbocycles. The highest BCUT2D eigenvalue weighted by molar-refractivity contribution is 9.10. The van der Waals surface area contributed by atoms with Crippen LogP contribution in [0.4, 0.5) is 5.69 Å². The Morgan fingerprint density at radius 2 is 2.22 bits per heavy atom. The van der Waals surface area contributed by atoms with Crippen LogP contribution in [0.15, 0.2) is 22.7 Å². The maximum Gasteiger partial charge on any atom is 0.221 e. The highest BCUT2D eigenvalue weighted by Gasteiger charge is 2.22. The van der Waals surface area contributed by atoms with E-state index in [-0.39, 0.29) is 5.91 Å². The summed E-state index contributed by atoms with van der Waals surface area (Å²) in [6, 6.07) is 6.65. The number of anilines is 1. The summed E-state index contributed by atoms with van der Waals surface area (Å²) in [4.78, 5) is 11.5. The van der Waals surface area contributed by atoms with Gasteiger partial charge >= 0.3 is 0 Å². The van der Waals surface area contributed by atoms with Crippen LogP contribution in [0.2, 0.25) is 0 Å². The second-order valence-corrected chi connectivity index (χ2v) is 5.59. The van der Waals surface area contributed by atoms with Crippen molar-refractivity contribution in [3.05, 3.63) is 28.2 Å². The molecule has 0 aromatic heterocycles. The van der Waals surface area contributed by atoms with Gasteiger partial charge in [0, 0.05) is 29.2 Å². The van der Waals surface area contributed by atoms with Gasteiger partial charge in [0.25, 0.3) is 0 Å². The molecule has 1 aromatic rings. The Balaban J connectivity index is 1.79. The van der Waals surface area contributed by atoms with Gasteiger partial charge in [-0.3, -0.25) is 4.79 Å². The quantitative estimate of drug-likeness (QED) is 0.847. The molecule has 98 valence electrons. The Hall–Kier alpha value is -1.03. The summed E-state index contributed by atoms with van der Waals surface area (Å²) in [5.41, 5.74) is 2.40. The molecule has 0 saturated heterocycles. The lowest BCUT2D eigenvalue weighted by Crippen LogP contribution is -2.27. The maximum atomic E-state index is 11.5. The molecule has 1 aliphatic carbocycles. The van der Waals surface area contributed by atoms with Crippen molar-refractivity contribution in [2.75, 3.05) is 11.9 Å². The lowest BCUT2D eigenvalue weighted by Gasteiger charge is -2.11. The number of halogens is 1.